The number of amides is 2. The van der Waals surface area contributed by atoms with Crippen molar-refractivity contribution in [3.63, 3.8) is 0 Å². The van der Waals surface area contributed by atoms with E-state index < -0.39 is 33.5 Å². The molecular weight excluding hydrogens is 434 g/mol. The lowest BCUT2D eigenvalue weighted by Crippen LogP contribution is -2.42. The van der Waals surface area contributed by atoms with E-state index in [1.165, 1.54) is 16.1 Å². The van der Waals surface area contributed by atoms with Crippen molar-refractivity contribution in [3.8, 4) is 0 Å². The number of carbonyl (C=O) groups is 2. The van der Waals surface area contributed by atoms with Crippen LogP contribution in [0.25, 0.3) is 0 Å². The van der Waals surface area contributed by atoms with Gasteiger partial charge in [-0.15, -0.1) is 0 Å². The van der Waals surface area contributed by atoms with Crippen molar-refractivity contribution in [1.82, 2.24) is 19.7 Å². The van der Waals surface area contributed by atoms with Gasteiger partial charge in [0, 0.05) is 37.8 Å². The third kappa shape index (κ3) is 5.07. The molecule has 31 heavy (non-hydrogen) atoms. The Bertz CT molecular complexity index is 1060. The average Bonchev–Trinajstić information content (AvgIpc) is 2.90. The Balaban J connectivity index is 1.60. The molecular formula is C19H22F2N4O5S. The molecule has 0 bridgehead atoms. The van der Waals surface area contributed by atoms with Gasteiger partial charge in [-0.25, -0.2) is 17.2 Å². The highest BCUT2D eigenvalue weighted by atomic mass is 32.2. The highest BCUT2D eigenvalue weighted by Gasteiger charge is 2.32. The molecule has 0 unspecified atom stereocenters. The Morgan fingerprint density at radius 3 is 2.39 bits per heavy atom. The minimum atomic E-state index is -3.82. The minimum absolute atomic E-state index is 0.0295. The maximum absolute atomic E-state index is 13.2. The molecule has 9 nitrogen and oxygen atoms in total. The van der Waals surface area contributed by atoms with Gasteiger partial charge < -0.3 is 14.7 Å². The number of halogens is 2. The first-order valence-electron chi connectivity index (χ1n) is 9.54. The summed E-state index contributed by atoms with van der Waals surface area (Å²) < 4.78 is 58.6. The van der Waals surface area contributed by atoms with E-state index in [2.05, 4.69) is 10.5 Å². The maximum atomic E-state index is 13.2. The molecule has 2 heterocycles. The first-order valence-corrected chi connectivity index (χ1v) is 11.0. The Morgan fingerprint density at radius 1 is 1.10 bits per heavy atom. The molecule has 1 N–H and O–H groups in total. The summed E-state index contributed by atoms with van der Waals surface area (Å²) >= 11 is 0. The van der Waals surface area contributed by atoms with Crippen molar-refractivity contribution in [2.45, 2.75) is 25.2 Å². The molecule has 1 aliphatic rings. The first-order chi connectivity index (χ1) is 14.6. The second-order valence-corrected chi connectivity index (χ2v) is 9.01. The predicted octanol–water partition coefficient (Wildman–Crippen LogP) is 1.22. The SMILES string of the molecule is Cc1noc(C)c1S(=O)(=O)N1CCCN(C(=O)CNC(=O)c2cc(F)cc(F)c2)CC1. The van der Waals surface area contributed by atoms with Crippen LogP contribution in [0.4, 0.5) is 8.78 Å². The second kappa shape index (κ2) is 9.10. The molecule has 0 aliphatic carbocycles. The van der Waals surface area contributed by atoms with Crippen molar-refractivity contribution >= 4 is 21.8 Å². The van der Waals surface area contributed by atoms with E-state index >= 15 is 0 Å². The van der Waals surface area contributed by atoms with Crippen LogP contribution in [-0.2, 0) is 14.8 Å². The zero-order valence-corrected chi connectivity index (χ0v) is 17.8. The molecule has 1 fully saturated rings. The maximum Gasteiger partial charge on any atom is 0.251 e. The molecule has 1 aliphatic heterocycles. The monoisotopic (exact) mass is 456 g/mol. The van der Waals surface area contributed by atoms with Crippen LogP contribution in [0, 0.1) is 25.5 Å². The lowest BCUT2D eigenvalue weighted by molar-refractivity contribution is -0.129. The lowest BCUT2D eigenvalue weighted by Gasteiger charge is -2.22. The number of nitrogens with zero attached hydrogens (tertiary/aromatic N) is 3. The van der Waals surface area contributed by atoms with E-state index in [4.69, 9.17) is 4.52 Å². The Kier molecular flexibility index (Phi) is 6.70. The van der Waals surface area contributed by atoms with Crippen molar-refractivity contribution in [3.05, 3.63) is 46.9 Å². The van der Waals surface area contributed by atoms with Crippen LogP contribution in [0.3, 0.4) is 0 Å². The van der Waals surface area contributed by atoms with E-state index in [1.807, 2.05) is 0 Å². The van der Waals surface area contributed by atoms with Gasteiger partial charge in [0.15, 0.2) is 5.76 Å². The molecule has 2 amide bonds. The van der Waals surface area contributed by atoms with Gasteiger partial charge in [-0.3, -0.25) is 9.59 Å². The van der Waals surface area contributed by atoms with Crippen molar-refractivity contribution < 1.29 is 31.3 Å². The number of aromatic nitrogens is 1. The van der Waals surface area contributed by atoms with Crippen molar-refractivity contribution in [2.75, 3.05) is 32.7 Å². The summed E-state index contributed by atoms with van der Waals surface area (Å²) in [5.74, 6) is -2.82. The third-order valence-corrected chi connectivity index (χ3v) is 7.04. The standard InChI is InChI=1S/C19H22F2N4O5S/c1-12-18(13(2)30-23-12)31(28,29)25-5-3-4-24(6-7-25)17(26)11-22-19(27)14-8-15(20)10-16(21)9-14/h8-10H,3-7,11H2,1-2H3,(H,22,27). The van der Waals surface area contributed by atoms with E-state index in [9.17, 15) is 26.8 Å². The summed E-state index contributed by atoms with van der Waals surface area (Å²) in [5, 5.41) is 6.02. The minimum Gasteiger partial charge on any atom is -0.360 e. The predicted molar refractivity (Wildman–Crippen MR) is 105 cm³/mol. The number of nitrogens with one attached hydrogen (secondary N) is 1. The number of carbonyl (C=O) groups excluding carboxylic acids is 2. The van der Waals surface area contributed by atoms with Crippen LogP contribution < -0.4 is 5.32 Å². The van der Waals surface area contributed by atoms with Crippen molar-refractivity contribution in [2.24, 2.45) is 0 Å². The largest absolute Gasteiger partial charge is 0.360 e. The van der Waals surface area contributed by atoms with Crippen LogP contribution in [0.2, 0.25) is 0 Å². The molecule has 1 aromatic carbocycles. The zero-order chi connectivity index (χ0) is 22.8. The highest BCUT2D eigenvalue weighted by molar-refractivity contribution is 7.89. The molecule has 12 heteroatoms. The molecule has 2 aromatic rings. The summed E-state index contributed by atoms with van der Waals surface area (Å²) in [5.41, 5.74) is 0.0315. The Labute approximate surface area is 178 Å². The van der Waals surface area contributed by atoms with Gasteiger partial charge in [0.25, 0.3) is 5.91 Å². The quantitative estimate of drug-likeness (QED) is 0.724. The topological polar surface area (TPSA) is 113 Å². The molecule has 0 radical (unpaired) electrons. The van der Waals surface area contributed by atoms with Gasteiger partial charge in [-0.1, -0.05) is 5.16 Å². The van der Waals surface area contributed by atoms with Gasteiger partial charge in [0.1, 0.15) is 22.2 Å². The summed E-state index contributed by atoms with van der Waals surface area (Å²) in [6.07, 6.45) is 0.400. The fourth-order valence-corrected chi connectivity index (χ4v) is 5.17. The second-order valence-electron chi connectivity index (χ2n) is 7.13. The number of rotatable bonds is 5. The summed E-state index contributed by atoms with van der Waals surface area (Å²) in [4.78, 5) is 26.0. The molecule has 0 spiro atoms. The van der Waals surface area contributed by atoms with Crippen LogP contribution in [-0.4, -0.2) is 67.3 Å². The third-order valence-electron chi connectivity index (χ3n) is 4.90. The molecule has 0 saturated carbocycles. The fraction of sp³-hybridized carbons (Fsp3) is 0.421. The lowest BCUT2D eigenvalue weighted by atomic mass is 10.2. The van der Waals surface area contributed by atoms with E-state index in [-0.39, 0.29) is 48.1 Å². The van der Waals surface area contributed by atoms with Gasteiger partial charge >= 0.3 is 0 Å². The Morgan fingerprint density at radius 2 is 1.77 bits per heavy atom. The smallest absolute Gasteiger partial charge is 0.251 e. The average molecular weight is 456 g/mol. The van der Waals surface area contributed by atoms with E-state index in [0.717, 1.165) is 12.1 Å². The van der Waals surface area contributed by atoms with E-state index in [0.29, 0.717) is 19.0 Å². The molecule has 0 atom stereocenters. The van der Waals surface area contributed by atoms with Gasteiger partial charge in [0.2, 0.25) is 15.9 Å². The molecule has 168 valence electrons. The van der Waals surface area contributed by atoms with Gasteiger partial charge in [-0.05, 0) is 32.4 Å². The summed E-state index contributed by atoms with van der Waals surface area (Å²) in [7, 11) is -3.82. The van der Waals surface area contributed by atoms with Crippen LogP contribution >= 0.6 is 0 Å². The number of hydrogen-bond acceptors (Lipinski definition) is 6. The summed E-state index contributed by atoms with van der Waals surface area (Å²) in [6.45, 7) is 3.40. The molecule has 3 rings (SSSR count). The van der Waals surface area contributed by atoms with Crippen molar-refractivity contribution in [1.29, 1.82) is 0 Å². The number of benzene rings is 1. The van der Waals surface area contributed by atoms with Gasteiger partial charge in [0.05, 0.1) is 6.54 Å². The number of aryl methyl sites for hydroxylation is 2. The highest BCUT2D eigenvalue weighted by Crippen LogP contribution is 2.24. The number of sulfonamides is 1. The van der Waals surface area contributed by atoms with E-state index in [1.54, 1.807) is 6.92 Å². The van der Waals surface area contributed by atoms with Crippen LogP contribution in [0.15, 0.2) is 27.6 Å². The number of hydrogen-bond donors (Lipinski definition) is 1. The first kappa shape index (κ1) is 22.8. The van der Waals surface area contributed by atoms with Crippen LogP contribution in [0.5, 0.6) is 0 Å². The normalized spacial score (nSPS) is 15.5. The van der Waals surface area contributed by atoms with Gasteiger partial charge in [-0.2, -0.15) is 4.31 Å². The summed E-state index contributed by atoms with van der Waals surface area (Å²) in [6, 6.07) is 2.38. The molecule has 1 saturated heterocycles. The van der Waals surface area contributed by atoms with Crippen LogP contribution in [0.1, 0.15) is 28.2 Å². The molecule has 1 aromatic heterocycles. The Hall–Kier alpha value is -2.86. The zero-order valence-electron chi connectivity index (χ0n) is 17.0. The fourth-order valence-electron chi connectivity index (χ4n) is 3.41.